The van der Waals surface area contributed by atoms with E-state index in [9.17, 15) is 9.59 Å². The molecule has 0 amide bonds. The lowest BCUT2D eigenvalue weighted by molar-refractivity contribution is -0.136. The van der Waals surface area contributed by atoms with Gasteiger partial charge in [0.15, 0.2) is 0 Å². The smallest absolute Gasteiger partial charge is 0.331 e. The topological polar surface area (TPSA) is 87.1 Å². The molecule has 0 aromatic carbocycles. The summed E-state index contributed by atoms with van der Waals surface area (Å²) in [7, 11) is 0. The Bertz CT molecular complexity index is 288. The minimum atomic E-state index is -1.07. The highest BCUT2D eigenvalue weighted by atomic mass is 16.6. The fourth-order valence-electron chi connectivity index (χ4n) is 1.15. The zero-order chi connectivity index (χ0) is 10.7. The van der Waals surface area contributed by atoms with Crippen molar-refractivity contribution in [3.8, 4) is 0 Å². The number of epoxide rings is 1. The molecule has 0 aromatic heterocycles. The predicted molar refractivity (Wildman–Crippen MR) is 46.9 cm³/mol. The Kier molecular flexibility index (Phi) is 3.24. The Hall–Kier alpha value is -1.36. The molecule has 1 rings (SSSR count). The fourth-order valence-corrected chi connectivity index (χ4v) is 1.15. The molecule has 1 aliphatic heterocycles. The largest absolute Gasteiger partial charge is 0.481 e. The van der Waals surface area contributed by atoms with Gasteiger partial charge in [-0.25, -0.2) is 4.79 Å². The minimum Gasteiger partial charge on any atom is -0.481 e. The number of carboxylic acid groups (broad SMARTS) is 2. The number of aliphatic carboxylic acids is 2. The maximum atomic E-state index is 10.6. The van der Waals surface area contributed by atoms with Crippen LogP contribution >= 0.6 is 0 Å². The molecule has 78 valence electrons. The zero-order valence-electron chi connectivity index (χ0n) is 7.82. The van der Waals surface area contributed by atoms with Gasteiger partial charge in [-0.3, -0.25) is 4.79 Å². The molecule has 5 heteroatoms. The van der Waals surface area contributed by atoms with Gasteiger partial charge in [0.25, 0.3) is 0 Å². The number of carbonyl (C=O) groups is 2. The Morgan fingerprint density at radius 3 is 2.36 bits per heavy atom. The van der Waals surface area contributed by atoms with Gasteiger partial charge in [0.05, 0.1) is 19.1 Å². The van der Waals surface area contributed by atoms with Crippen LogP contribution in [0.1, 0.15) is 19.8 Å². The second-order valence-corrected chi connectivity index (χ2v) is 3.26. The Labute approximate surface area is 81.0 Å². The van der Waals surface area contributed by atoms with E-state index in [4.69, 9.17) is 14.9 Å². The standard InChI is InChI=1S/C9H12O5/c1-5(9(12)13)6(3-8(10)11)2-7-4-14-7/h7H,2-4H2,1H3,(H,10,11)(H,12,13). The van der Waals surface area contributed by atoms with Gasteiger partial charge in [-0.05, 0) is 18.9 Å². The van der Waals surface area contributed by atoms with Crippen LogP contribution in [0.15, 0.2) is 11.1 Å². The third kappa shape index (κ3) is 3.18. The first-order valence-corrected chi connectivity index (χ1v) is 4.26. The molecule has 1 saturated heterocycles. The lowest BCUT2D eigenvalue weighted by Crippen LogP contribution is -2.07. The van der Waals surface area contributed by atoms with Crippen molar-refractivity contribution in [2.24, 2.45) is 0 Å². The quantitative estimate of drug-likeness (QED) is 0.502. The van der Waals surface area contributed by atoms with E-state index in [1.54, 1.807) is 0 Å². The molecule has 1 aliphatic rings. The van der Waals surface area contributed by atoms with Crippen molar-refractivity contribution in [1.82, 2.24) is 0 Å². The first-order valence-electron chi connectivity index (χ1n) is 4.26. The van der Waals surface area contributed by atoms with Crippen molar-refractivity contribution in [1.29, 1.82) is 0 Å². The molecule has 1 unspecified atom stereocenters. The van der Waals surface area contributed by atoms with Crippen molar-refractivity contribution in [3.05, 3.63) is 11.1 Å². The van der Waals surface area contributed by atoms with Gasteiger partial charge >= 0.3 is 11.9 Å². The molecule has 1 atom stereocenters. The first-order chi connectivity index (χ1) is 6.50. The average molecular weight is 200 g/mol. The summed E-state index contributed by atoms with van der Waals surface area (Å²) < 4.78 is 4.93. The van der Waals surface area contributed by atoms with Gasteiger partial charge in [-0.1, -0.05) is 0 Å². The highest BCUT2D eigenvalue weighted by Gasteiger charge is 2.26. The second-order valence-electron chi connectivity index (χ2n) is 3.26. The van der Waals surface area contributed by atoms with Gasteiger partial charge in [-0.2, -0.15) is 0 Å². The van der Waals surface area contributed by atoms with Crippen molar-refractivity contribution in [2.75, 3.05) is 6.61 Å². The summed E-state index contributed by atoms with van der Waals surface area (Å²) >= 11 is 0. The molecule has 14 heavy (non-hydrogen) atoms. The van der Waals surface area contributed by atoms with Crippen molar-refractivity contribution >= 4 is 11.9 Å². The molecule has 0 aliphatic carbocycles. The van der Waals surface area contributed by atoms with E-state index in [2.05, 4.69) is 0 Å². The fraction of sp³-hybridized carbons (Fsp3) is 0.556. The van der Waals surface area contributed by atoms with Crippen LogP contribution in [0.4, 0.5) is 0 Å². The van der Waals surface area contributed by atoms with E-state index in [1.165, 1.54) is 6.92 Å². The normalized spacial score (nSPS) is 21.4. The number of hydrogen-bond acceptors (Lipinski definition) is 3. The third-order valence-electron chi connectivity index (χ3n) is 2.09. The van der Waals surface area contributed by atoms with E-state index in [0.717, 1.165) is 0 Å². The molecule has 0 radical (unpaired) electrons. The average Bonchev–Trinajstić information content (AvgIpc) is 2.84. The summed E-state index contributed by atoms with van der Waals surface area (Å²) in [5.74, 6) is -2.08. The Morgan fingerprint density at radius 2 is 2.00 bits per heavy atom. The summed E-state index contributed by atoms with van der Waals surface area (Å²) in [6.07, 6.45) is 0.196. The van der Waals surface area contributed by atoms with Gasteiger partial charge < -0.3 is 14.9 Å². The molecule has 0 spiro atoms. The maximum absolute atomic E-state index is 10.6. The first kappa shape index (κ1) is 10.7. The van der Waals surface area contributed by atoms with Gasteiger partial charge in [0.1, 0.15) is 0 Å². The van der Waals surface area contributed by atoms with E-state index in [0.29, 0.717) is 18.6 Å². The van der Waals surface area contributed by atoms with Crippen LogP contribution in [0.3, 0.4) is 0 Å². The zero-order valence-corrected chi connectivity index (χ0v) is 7.82. The van der Waals surface area contributed by atoms with Crippen LogP contribution in [0.2, 0.25) is 0 Å². The molecule has 1 heterocycles. The highest BCUT2D eigenvalue weighted by molar-refractivity contribution is 5.88. The van der Waals surface area contributed by atoms with Gasteiger partial charge in [0.2, 0.25) is 0 Å². The molecular weight excluding hydrogens is 188 g/mol. The predicted octanol–water partition coefficient (Wildman–Crippen LogP) is 0.651. The van der Waals surface area contributed by atoms with Crippen LogP contribution in [0.5, 0.6) is 0 Å². The monoisotopic (exact) mass is 200 g/mol. The van der Waals surface area contributed by atoms with Crippen LogP contribution in [-0.4, -0.2) is 34.9 Å². The van der Waals surface area contributed by atoms with Gasteiger partial charge in [0, 0.05) is 5.57 Å². The molecule has 1 fully saturated rings. The van der Waals surface area contributed by atoms with Crippen molar-refractivity contribution in [2.45, 2.75) is 25.9 Å². The molecule has 0 bridgehead atoms. The van der Waals surface area contributed by atoms with E-state index >= 15 is 0 Å². The second kappa shape index (κ2) is 4.23. The summed E-state index contributed by atoms with van der Waals surface area (Å²) in [5.41, 5.74) is 0.551. The van der Waals surface area contributed by atoms with Crippen LogP contribution < -0.4 is 0 Å². The number of hydrogen-bond donors (Lipinski definition) is 2. The lowest BCUT2D eigenvalue weighted by atomic mass is 10.0. The summed E-state index contributed by atoms with van der Waals surface area (Å²) in [5, 5.41) is 17.3. The van der Waals surface area contributed by atoms with Gasteiger partial charge in [-0.15, -0.1) is 0 Å². The summed E-state index contributed by atoms with van der Waals surface area (Å²) in [6, 6.07) is 0. The number of carboxylic acids is 2. The van der Waals surface area contributed by atoms with E-state index in [-0.39, 0.29) is 18.1 Å². The Morgan fingerprint density at radius 1 is 1.43 bits per heavy atom. The van der Waals surface area contributed by atoms with E-state index < -0.39 is 11.9 Å². The highest BCUT2D eigenvalue weighted by Crippen LogP contribution is 2.23. The SMILES string of the molecule is CC(C(=O)O)=C(CC(=O)O)CC1CO1. The Balaban J connectivity index is 2.72. The summed E-state index contributed by atoms with van der Waals surface area (Å²) in [4.78, 5) is 21.1. The molecular formula is C9H12O5. The van der Waals surface area contributed by atoms with Crippen molar-refractivity contribution in [3.63, 3.8) is 0 Å². The molecule has 0 aromatic rings. The molecule has 5 nitrogen and oxygen atoms in total. The summed E-state index contributed by atoms with van der Waals surface area (Å²) in [6.45, 7) is 2.01. The number of rotatable bonds is 5. The minimum absolute atomic E-state index is 0.0126. The van der Waals surface area contributed by atoms with E-state index in [1.807, 2.05) is 0 Å². The van der Waals surface area contributed by atoms with Crippen LogP contribution in [0, 0.1) is 0 Å². The molecule has 0 saturated carbocycles. The number of ether oxygens (including phenoxy) is 1. The lowest BCUT2D eigenvalue weighted by Gasteiger charge is -2.05. The maximum Gasteiger partial charge on any atom is 0.331 e. The van der Waals surface area contributed by atoms with Crippen LogP contribution in [0.25, 0.3) is 0 Å². The van der Waals surface area contributed by atoms with Crippen LogP contribution in [-0.2, 0) is 14.3 Å². The molecule has 2 N–H and O–H groups in total. The third-order valence-corrected chi connectivity index (χ3v) is 2.09. The van der Waals surface area contributed by atoms with Crippen molar-refractivity contribution < 1.29 is 24.5 Å².